The van der Waals surface area contributed by atoms with Crippen molar-refractivity contribution in [2.75, 3.05) is 5.32 Å². The first-order valence-corrected chi connectivity index (χ1v) is 10.3. The summed E-state index contributed by atoms with van der Waals surface area (Å²) < 4.78 is 1.96. The fourth-order valence-electron chi connectivity index (χ4n) is 3.57. The van der Waals surface area contributed by atoms with Gasteiger partial charge in [0.05, 0.1) is 24.3 Å². The topological polar surface area (TPSA) is 68.5 Å². The van der Waals surface area contributed by atoms with Gasteiger partial charge < -0.3 is 5.32 Å². The van der Waals surface area contributed by atoms with E-state index in [9.17, 15) is 0 Å². The minimum absolute atomic E-state index is 0.0353. The molecule has 0 aliphatic rings. The highest BCUT2D eigenvalue weighted by molar-refractivity contribution is 5.90. The third-order valence-electron chi connectivity index (χ3n) is 5.24. The molecule has 0 radical (unpaired) electrons. The molecule has 0 saturated carbocycles. The lowest BCUT2D eigenvalue weighted by molar-refractivity contribution is 0.685. The first-order valence-electron chi connectivity index (χ1n) is 10.3. The predicted molar refractivity (Wildman–Crippen MR) is 123 cm³/mol. The number of fused-ring (bicyclic) bond motifs is 1. The van der Waals surface area contributed by atoms with Crippen molar-refractivity contribution in [2.45, 2.75) is 19.5 Å². The van der Waals surface area contributed by atoms with Gasteiger partial charge in [-0.15, -0.1) is 0 Å². The number of anilines is 1. The van der Waals surface area contributed by atoms with Gasteiger partial charge in [0.2, 0.25) is 0 Å². The van der Waals surface area contributed by atoms with Gasteiger partial charge in [-0.25, -0.2) is 9.97 Å². The molecule has 3 heterocycles. The van der Waals surface area contributed by atoms with E-state index in [4.69, 9.17) is 9.97 Å². The molecule has 5 aromatic rings. The lowest BCUT2D eigenvalue weighted by Gasteiger charge is -2.16. The quantitative estimate of drug-likeness (QED) is 0.424. The Bertz CT molecular complexity index is 1300. The summed E-state index contributed by atoms with van der Waals surface area (Å²) in [6.07, 6.45) is 7.50. The number of rotatable bonds is 6. The second-order valence-electron chi connectivity index (χ2n) is 7.47. The molecule has 0 fully saturated rings. The van der Waals surface area contributed by atoms with E-state index in [1.54, 1.807) is 12.4 Å². The molecule has 1 N–H and O–H groups in total. The maximum atomic E-state index is 4.83. The van der Waals surface area contributed by atoms with Crippen molar-refractivity contribution >= 4 is 16.7 Å². The Morgan fingerprint density at radius 1 is 0.903 bits per heavy atom. The van der Waals surface area contributed by atoms with Crippen molar-refractivity contribution in [3.63, 3.8) is 0 Å². The molecule has 1 atom stereocenters. The zero-order valence-corrected chi connectivity index (χ0v) is 17.2. The second-order valence-corrected chi connectivity index (χ2v) is 7.47. The van der Waals surface area contributed by atoms with Crippen LogP contribution in [0.15, 0.2) is 91.5 Å². The number of para-hydroxylation sites is 1. The first-order chi connectivity index (χ1) is 15.3. The highest BCUT2D eigenvalue weighted by Crippen LogP contribution is 2.27. The number of aromatic nitrogens is 5. The number of pyridine rings is 1. The summed E-state index contributed by atoms with van der Waals surface area (Å²) in [5, 5.41) is 9.10. The van der Waals surface area contributed by atoms with Crippen LogP contribution in [-0.2, 0) is 6.54 Å². The number of nitrogens with zero attached hydrogens (tertiary/aromatic N) is 5. The van der Waals surface area contributed by atoms with Crippen LogP contribution in [-0.4, -0.2) is 24.7 Å². The van der Waals surface area contributed by atoms with E-state index in [2.05, 4.69) is 40.7 Å². The van der Waals surface area contributed by atoms with Crippen LogP contribution in [0.4, 0.5) is 5.82 Å². The predicted octanol–water partition coefficient (Wildman–Crippen LogP) is 5.11. The van der Waals surface area contributed by atoms with Gasteiger partial charge in [0.15, 0.2) is 5.82 Å². The van der Waals surface area contributed by atoms with Crippen molar-refractivity contribution in [2.24, 2.45) is 0 Å². The van der Waals surface area contributed by atoms with E-state index in [0.717, 1.165) is 34.4 Å². The van der Waals surface area contributed by atoms with Crippen LogP contribution in [0.25, 0.3) is 22.3 Å². The zero-order chi connectivity index (χ0) is 21.0. The molecule has 6 nitrogen and oxygen atoms in total. The van der Waals surface area contributed by atoms with Crippen LogP contribution < -0.4 is 5.32 Å². The van der Waals surface area contributed by atoms with Crippen LogP contribution in [0.1, 0.15) is 24.1 Å². The molecule has 6 heteroatoms. The van der Waals surface area contributed by atoms with Crippen LogP contribution in [0.3, 0.4) is 0 Å². The van der Waals surface area contributed by atoms with Crippen molar-refractivity contribution < 1.29 is 0 Å². The summed E-state index contributed by atoms with van der Waals surface area (Å²) in [7, 11) is 0. The molecule has 5 rings (SSSR count). The second kappa shape index (κ2) is 8.36. The van der Waals surface area contributed by atoms with Crippen LogP contribution in [0.5, 0.6) is 0 Å². The summed E-state index contributed by atoms with van der Waals surface area (Å²) in [4.78, 5) is 13.7. The van der Waals surface area contributed by atoms with Gasteiger partial charge in [-0.05, 0) is 36.8 Å². The fraction of sp³-hybridized carbons (Fsp3) is 0.120. The Kier molecular flexibility index (Phi) is 5.10. The van der Waals surface area contributed by atoms with Gasteiger partial charge in [-0.3, -0.25) is 9.67 Å². The third kappa shape index (κ3) is 4.14. The fourth-order valence-corrected chi connectivity index (χ4v) is 3.57. The lowest BCUT2D eigenvalue weighted by atomic mass is 10.1. The molecule has 0 spiro atoms. The van der Waals surface area contributed by atoms with E-state index in [0.29, 0.717) is 5.82 Å². The molecule has 0 amide bonds. The van der Waals surface area contributed by atoms with Crippen molar-refractivity contribution in [3.8, 4) is 11.4 Å². The summed E-state index contributed by atoms with van der Waals surface area (Å²) in [5.41, 5.74) is 4.16. The SMILES string of the molecule is CC(Nc1nc(-c2ccncc2)nc2ccccc12)c1cnn(Cc2ccccc2)c1. The first kappa shape index (κ1) is 18.9. The minimum Gasteiger partial charge on any atom is -0.363 e. The highest BCUT2D eigenvalue weighted by Gasteiger charge is 2.14. The molecule has 152 valence electrons. The molecule has 0 aliphatic heterocycles. The van der Waals surface area contributed by atoms with E-state index < -0.39 is 0 Å². The van der Waals surface area contributed by atoms with Gasteiger partial charge in [0, 0.05) is 35.1 Å². The largest absolute Gasteiger partial charge is 0.363 e. The number of hydrogen-bond donors (Lipinski definition) is 1. The Hall–Kier alpha value is -4.06. The number of benzene rings is 2. The Morgan fingerprint density at radius 3 is 2.52 bits per heavy atom. The van der Waals surface area contributed by atoms with Gasteiger partial charge >= 0.3 is 0 Å². The normalized spacial score (nSPS) is 12.0. The van der Waals surface area contributed by atoms with Crippen LogP contribution in [0, 0.1) is 0 Å². The van der Waals surface area contributed by atoms with E-state index in [-0.39, 0.29) is 6.04 Å². The maximum absolute atomic E-state index is 4.83. The third-order valence-corrected chi connectivity index (χ3v) is 5.24. The minimum atomic E-state index is 0.0353. The lowest BCUT2D eigenvalue weighted by Crippen LogP contribution is -2.09. The van der Waals surface area contributed by atoms with E-state index >= 15 is 0 Å². The molecule has 3 aromatic heterocycles. The van der Waals surface area contributed by atoms with E-state index in [1.807, 2.05) is 65.5 Å². The van der Waals surface area contributed by atoms with Crippen molar-refractivity contribution in [1.82, 2.24) is 24.7 Å². The Morgan fingerprint density at radius 2 is 1.68 bits per heavy atom. The van der Waals surface area contributed by atoms with E-state index in [1.165, 1.54) is 5.56 Å². The molecule has 0 bridgehead atoms. The molecular formula is C25H22N6. The standard InChI is InChI=1S/C25H22N6/c1-18(21-15-27-31(17-21)16-19-7-3-2-4-8-19)28-25-22-9-5-6-10-23(22)29-24(30-25)20-11-13-26-14-12-20/h2-15,17-18H,16H2,1H3,(H,28,29,30). The maximum Gasteiger partial charge on any atom is 0.162 e. The molecule has 0 saturated heterocycles. The van der Waals surface area contributed by atoms with Crippen molar-refractivity contribution in [1.29, 1.82) is 0 Å². The summed E-state index contributed by atoms with van der Waals surface area (Å²) in [6, 6.07) is 22.3. The Labute approximate surface area is 180 Å². The smallest absolute Gasteiger partial charge is 0.162 e. The highest BCUT2D eigenvalue weighted by atomic mass is 15.3. The average molecular weight is 406 g/mol. The number of hydrogen-bond acceptors (Lipinski definition) is 5. The monoisotopic (exact) mass is 406 g/mol. The Balaban J connectivity index is 1.43. The average Bonchev–Trinajstić information content (AvgIpc) is 3.29. The summed E-state index contributed by atoms with van der Waals surface area (Å²) in [5.74, 6) is 1.48. The van der Waals surface area contributed by atoms with Gasteiger partial charge in [0.1, 0.15) is 5.82 Å². The molecule has 0 aliphatic carbocycles. The summed E-state index contributed by atoms with van der Waals surface area (Å²) >= 11 is 0. The van der Waals surface area contributed by atoms with Crippen LogP contribution in [0.2, 0.25) is 0 Å². The molecule has 31 heavy (non-hydrogen) atoms. The van der Waals surface area contributed by atoms with Gasteiger partial charge in [-0.2, -0.15) is 5.10 Å². The number of nitrogens with one attached hydrogen (secondary N) is 1. The summed E-state index contributed by atoms with van der Waals surface area (Å²) in [6.45, 7) is 2.86. The van der Waals surface area contributed by atoms with Crippen LogP contribution >= 0.6 is 0 Å². The molecular weight excluding hydrogens is 384 g/mol. The van der Waals surface area contributed by atoms with Gasteiger partial charge in [0.25, 0.3) is 0 Å². The molecule has 1 unspecified atom stereocenters. The van der Waals surface area contributed by atoms with Gasteiger partial charge in [-0.1, -0.05) is 42.5 Å². The zero-order valence-electron chi connectivity index (χ0n) is 17.2. The van der Waals surface area contributed by atoms with Crippen molar-refractivity contribution in [3.05, 3.63) is 103 Å². The molecule has 2 aromatic carbocycles.